The molecule has 1 spiro atoms. The van der Waals surface area contributed by atoms with Crippen molar-refractivity contribution in [2.75, 3.05) is 31.6 Å². The van der Waals surface area contributed by atoms with Crippen LogP contribution in [0.2, 0.25) is 0 Å². The van der Waals surface area contributed by atoms with E-state index in [4.69, 9.17) is 4.74 Å². The topological polar surface area (TPSA) is 72.3 Å². The standard InChI is InChI=1S/C22H30FN5O2/c1-15(2)11-28-14-24-26-20(28)17-12-27(13-22(17)7-9-30-10-8-22)21(29)25-19-6-4-5-18(23)16(19)3/h4-6,14-15,17H,7-13H2,1-3H3,(H,25,29). The molecule has 2 saturated heterocycles. The van der Waals surface area contributed by atoms with Gasteiger partial charge < -0.3 is 19.5 Å². The summed E-state index contributed by atoms with van der Waals surface area (Å²) in [6, 6.07) is 4.54. The molecule has 0 bridgehead atoms. The predicted octanol–water partition coefficient (Wildman–Crippen LogP) is 3.81. The summed E-state index contributed by atoms with van der Waals surface area (Å²) >= 11 is 0. The fourth-order valence-corrected chi connectivity index (χ4v) is 4.77. The fourth-order valence-electron chi connectivity index (χ4n) is 4.77. The zero-order valence-electron chi connectivity index (χ0n) is 17.9. The normalized spacial score (nSPS) is 20.8. The number of halogens is 1. The lowest BCUT2D eigenvalue weighted by molar-refractivity contribution is 0.0120. The highest BCUT2D eigenvalue weighted by Gasteiger charge is 2.51. The molecule has 3 heterocycles. The van der Waals surface area contributed by atoms with Crippen LogP contribution in [0, 0.1) is 24.1 Å². The lowest BCUT2D eigenvalue weighted by atomic mass is 9.71. The molecule has 2 amide bonds. The van der Waals surface area contributed by atoms with Gasteiger partial charge in [0.1, 0.15) is 18.0 Å². The molecule has 1 atom stereocenters. The number of anilines is 1. The molecule has 2 aromatic rings. The van der Waals surface area contributed by atoms with Crippen LogP contribution >= 0.6 is 0 Å². The van der Waals surface area contributed by atoms with Crippen molar-refractivity contribution >= 4 is 11.7 Å². The summed E-state index contributed by atoms with van der Waals surface area (Å²) in [7, 11) is 0. The number of carbonyl (C=O) groups excluding carboxylic acids is 1. The van der Waals surface area contributed by atoms with Crippen LogP contribution in [0.5, 0.6) is 0 Å². The number of amides is 2. The van der Waals surface area contributed by atoms with Crippen molar-refractivity contribution in [1.82, 2.24) is 19.7 Å². The van der Waals surface area contributed by atoms with Crippen molar-refractivity contribution in [2.24, 2.45) is 11.3 Å². The van der Waals surface area contributed by atoms with Gasteiger partial charge in [-0.25, -0.2) is 9.18 Å². The summed E-state index contributed by atoms with van der Waals surface area (Å²) < 4.78 is 21.7. The van der Waals surface area contributed by atoms with Gasteiger partial charge in [-0.3, -0.25) is 0 Å². The first-order valence-electron chi connectivity index (χ1n) is 10.7. The van der Waals surface area contributed by atoms with E-state index in [9.17, 15) is 9.18 Å². The fraction of sp³-hybridized carbons (Fsp3) is 0.591. The zero-order valence-corrected chi connectivity index (χ0v) is 17.9. The van der Waals surface area contributed by atoms with Crippen LogP contribution in [0.25, 0.3) is 0 Å². The molecule has 0 radical (unpaired) electrons. The second-order valence-corrected chi connectivity index (χ2v) is 8.99. The largest absolute Gasteiger partial charge is 0.381 e. The summed E-state index contributed by atoms with van der Waals surface area (Å²) in [6.07, 6.45) is 3.56. The third kappa shape index (κ3) is 3.93. The van der Waals surface area contributed by atoms with Crippen LogP contribution in [-0.4, -0.2) is 52.0 Å². The molecule has 4 rings (SSSR count). The minimum absolute atomic E-state index is 0.0751. The van der Waals surface area contributed by atoms with Crippen LogP contribution in [0.1, 0.15) is 44.0 Å². The average Bonchev–Trinajstić information content (AvgIpc) is 3.30. The number of hydrogen-bond donors (Lipinski definition) is 1. The highest BCUT2D eigenvalue weighted by molar-refractivity contribution is 5.90. The third-order valence-electron chi connectivity index (χ3n) is 6.45. The quantitative estimate of drug-likeness (QED) is 0.824. The number of hydrogen-bond acceptors (Lipinski definition) is 4. The van der Waals surface area contributed by atoms with E-state index in [1.54, 1.807) is 25.4 Å². The Morgan fingerprint density at radius 2 is 2.13 bits per heavy atom. The van der Waals surface area contributed by atoms with E-state index in [0.717, 1.165) is 25.2 Å². The monoisotopic (exact) mass is 415 g/mol. The molecule has 0 aliphatic carbocycles. The van der Waals surface area contributed by atoms with Gasteiger partial charge in [-0.15, -0.1) is 10.2 Å². The molecule has 7 nitrogen and oxygen atoms in total. The molecule has 1 aromatic carbocycles. The number of carbonyl (C=O) groups is 1. The number of nitrogens with one attached hydrogen (secondary N) is 1. The Bertz CT molecular complexity index is 907. The van der Waals surface area contributed by atoms with Crippen LogP contribution in [0.3, 0.4) is 0 Å². The molecule has 2 aliphatic rings. The van der Waals surface area contributed by atoms with Crippen LogP contribution in [0.15, 0.2) is 24.5 Å². The van der Waals surface area contributed by atoms with Gasteiger partial charge in [0.2, 0.25) is 0 Å². The number of nitrogens with zero attached hydrogens (tertiary/aromatic N) is 4. The number of benzene rings is 1. The van der Waals surface area contributed by atoms with Gasteiger partial charge in [0.05, 0.1) is 0 Å². The number of rotatable bonds is 4. The van der Waals surface area contributed by atoms with Crippen LogP contribution in [0.4, 0.5) is 14.9 Å². The summed E-state index contributed by atoms with van der Waals surface area (Å²) in [5.41, 5.74) is 0.875. The third-order valence-corrected chi connectivity index (χ3v) is 6.45. The number of aromatic nitrogens is 3. The van der Waals surface area contributed by atoms with Gasteiger partial charge in [-0.2, -0.15) is 0 Å². The van der Waals surface area contributed by atoms with E-state index >= 15 is 0 Å². The van der Waals surface area contributed by atoms with Crippen molar-refractivity contribution in [2.45, 2.75) is 46.1 Å². The van der Waals surface area contributed by atoms with Crippen molar-refractivity contribution < 1.29 is 13.9 Å². The molecule has 30 heavy (non-hydrogen) atoms. The second kappa shape index (κ2) is 8.34. The first kappa shape index (κ1) is 20.8. The Balaban J connectivity index is 1.59. The van der Waals surface area contributed by atoms with Crippen molar-refractivity contribution in [1.29, 1.82) is 0 Å². The minimum atomic E-state index is -0.324. The Morgan fingerprint density at radius 3 is 2.87 bits per heavy atom. The summed E-state index contributed by atoms with van der Waals surface area (Å²) in [5, 5.41) is 11.5. The van der Waals surface area contributed by atoms with Crippen molar-refractivity contribution in [3.63, 3.8) is 0 Å². The SMILES string of the molecule is Cc1c(F)cccc1NC(=O)N1CC(c2nncn2CC(C)C)C2(CCOCC2)C1. The molecule has 1 N–H and O–H groups in total. The summed E-state index contributed by atoms with van der Waals surface area (Å²) in [4.78, 5) is 14.9. The van der Waals surface area contributed by atoms with E-state index in [1.165, 1.54) is 6.07 Å². The van der Waals surface area contributed by atoms with Crippen molar-refractivity contribution in [3.8, 4) is 0 Å². The van der Waals surface area contributed by atoms with Gasteiger partial charge in [0.25, 0.3) is 0 Å². The van der Waals surface area contributed by atoms with Gasteiger partial charge in [0, 0.05) is 55.4 Å². The lowest BCUT2D eigenvalue weighted by Crippen LogP contribution is -2.39. The minimum Gasteiger partial charge on any atom is -0.381 e. The second-order valence-electron chi connectivity index (χ2n) is 8.99. The van der Waals surface area contributed by atoms with E-state index in [0.29, 0.717) is 43.5 Å². The molecule has 8 heteroatoms. The van der Waals surface area contributed by atoms with E-state index < -0.39 is 0 Å². The Hall–Kier alpha value is -2.48. The first-order chi connectivity index (χ1) is 14.4. The molecule has 1 aromatic heterocycles. The molecular formula is C22H30FN5O2. The summed E-state index contributed by atoms with van der Waals surface area (Å²) in [5.74, 6) is 1.20. The van der Waals surface area contributed by atoms with Crippen LogP contribution < -0.4 is 5.32 Å². The number of likely N-dealkylation sites (tertiary alicyclic amines) is 1. The maximum absolute atomic E-state index is 13.9. The van der Waals surface area contributed by atoms with E-state index in [2.05, 4.69) is 33.9 Å². The lowest BCUT2D eigenvalue weighted by Gasteiger charge is -2.37. The zero-order chi connectivity index (χ0) is 21.3. The molecule has 0 saturated carbocycles. The Kier molecular flexibility index (Phi) is 5.77. The van der Waals surface area contributed by atoms with Crippen LogP contribution in [-0.2, 0) is 11.3 Å². The predicted molar refractivity (Wildman–Crippen MR) is 112 cm³/mol. The van der Waals surface area contributed by atoms with E-state index in [-0.39, 0.29) is 23.2 Å². The maximum atomic E-state index is 13.9. The first-order valence-corrected chi connectivity index (χ1v) is 10.7. The highest BCUT2D eigenvalue weighted by Crippen LogP contribution is 2.49. The van der Waals surface area contributed by atoms with Gasteiger partial charge in [-0.1, -0.05) is 19.9 Å². The smallest absolute Gasteiger partial charge is 0.321 e. The molecule has 1 unspecified atom stereocenters. The molecular weight excluding hydrogens is 385 g/mol. The summed E-state index contributed by atoms with van der Waals surface area (Å²) in [6.45, 7) is 9.44. The van der Waals surface area contributed by atoms with Crippen molar-refractivity contribution in [3.05, 3.63) is 41.7 Å². The molecule has 2 aliphatic heterocycles. The molecule has 2 fully saturated rings. The number of urea groups is 1. The van der Waals surface area contributed by atoms with E-state index in [1.807, 2.05) is 4.90 Å². The average molecular weight is 416 g/mol. The van der Waals surface area contributed by atoms with Gasteiger partial charge >= 0.3 is 6.03 Å². The Morgan fingerprint density at radius 1 is 1.37 bits per heavy atom. The maximum Gasteiger partial charge on any atom is 0.321 e. The Labute approximate surface area is 176 Å². The highest BCUT2D eigenvalue weighted by atomic mass is 19.1. The van der Waals surface area contributed by atoms with Gasteiger partial charge in [-0.05, 0) is 37.8 Å². The van der Waals surface area contributed by atoms with Gasteiger partial charge in [0.15, 0.2) is 0 Å². The number of ether oxygens (including phenoxy) is 1. The molecule has 162 valence electrons.